The van der Waals surface area contributed by atoms with Crippen molar-refractivity contribution >= 4 is 11.6 Å². The van der Waals surface area contributed by atoms with Crippen LogP contribution in [0.5, 0.6) is 0 Å². The Morgan fingerprint density at radius 3 is 3.14 bits per heavy atom. The van der Waals surface area contributed by atoms with Crippen molar-refractivity contribution in [2.75, 3.05) is 13.1 Å². The Hall–Kier alpha value is -0.640. The monoisotopic (exact) mass is 211 g/mol. The number of aromatic nitrogens is 1. The van der Waals surface area contributed by atoms with E-state index in [-0.39, 0.29) is 0 Å². The second-order valence-electron chi connectivity index (χ2n) is 3.77. The van der Waals surface area contributed by atoms with Gasteiger partial charge in [0.05, 0.1) is 0 Å². The van der Waals surface area contributed by atoms with Crippen LogP contribution in [-0.4, -0.2) is 29.0 Å². The first-order valence-electron chi connectivity index (χ1n) is 4.82. The minimum absolute atomic E-state index is 0.340. The molecule has 3 nitrogen and oxygen atoms in total. The standard InChI is InChI=1S/C10H14ClN3/c11-10-5-8(1-3-13-10)6-14-4-2-9(12)7-14/h1,3,5,9H,2,4,6-7,12H2. The maximum absolute atomic E-state index is 5.83. The van der Waals surface area contributed by atoms with E-state index in [1.807, 2.05) is 12.1 Å². The molecule has 1 aliphatic rings. The molecule has 76 valence electrons. The minimum Gasteiger partial charge on any atom is -0.326 e. The van der Waals surface area contributed by atoms with Gasteiger partial charge in [0.2, 0.25) is 0 Å². The molecule has 1 unspecified atom stereocenters. The molecule has 1 aromatic heterocycles. The summed E-state index contributed by atoms with van der Waals surface area (Å²) in [5, 5.41) is 0.561. The number of nitrogens with two attached hydrogens (primary N) is 1. The molecule has 0 aliphatic carbocycles. The molecule has 2 N–H and O–H groups in total. The Morgan fingerprint density at radius 2 is 2.50 bits per heavy atom. The molecule has 1 saturated heterocycles. The maximum atomic E-state index is 5.83. The zero-order chi connectivity index (χ0) is 9.97. The average molecular weight is 212 g/mol. The molecule has 0 radical (unpaired) electrons. The van der Waals surface area contributed by atoms with Crippen LogP contribution in [0.25, 0.3) is 0 Å². The van der Waals surface area contributed by atoms with Crippen LogP contribution in [0, 0.1) is 0 Å². The van der Waals surface area contributed by atoms with E-state index in [0.717, 1.165) is 26.1 Å². The van der Waals surface area contributed by atoms with Gasteiger partial charge in [-0.25, -0.2) is 4.98 Å². The van der Waals surface area contributed by atoms with Crippen molar-refractivity contribution in [2.45, 2.75) is 19.0 Å². The van der Waals surface area contributed by atoms with Crippen LogP contribution < -0.4 is 5.73 Å². The Bertz CT molecular complexity index is 316. The summed E-state index contributed by atoms with van der Waals surface area (Å²) in [7, 11) is 0. The van der Waals surface area contributed by atoms with Gasteiger partial charge < -0.3 is 5.73 Å². The molecular weight excluding hydrogens is 198 g/mol. The smallest absolute Gasteiger partial charge is 0.129 e. The van der Waals surface area contributed by atoms with Crippen molar-refractivity contribution in [1.82, 2.24) is 9.88 Å². The van der Waals surface area contributed by atoms with E-state index < -0.39 is 0 Å². The fraction of sp³-hybridized carbons (Fsp3) is 0.500. The van der Waals surface area contributed by atoms with Gasteiger partial charge in [0, 0.05) is 31.9 Å². The van der Waals surface area contributed by atoms with Crippen LogP contribution in [0.3, 0.4) is 0 Å². The highest BCUT2D eigenvalue weighted by Gasteiger charge is 2.18. The van der Waals surface area contributed by atoms with Gasteiger partial charge in [-0.05, 0) is 24.1 Å². The number of likely N-dealkylation sites (tertiary alicyclic amines) is 1. The van der Waals surface area contributed by atoms with E-state index in [0.29, 0.717) is 11.2 Å². The molecule has 4 heteroatoms. The zero-order valence-corrected chi connectivity index (χ0v) is 8.74. The lowest BCUT2D eigenvalue weighted by molar-refractivity contribution is 0.327. The highest BCUT2D eigenvalue weighted by Crippen LogP contribution is 2.13. The van der Waals surface area contributed by atoms with Crippen LogP contribution in [0.2, 0.25) is 5.15 Å². The van der Waals surface area contributed by atoms with Crippen molar-refractivity contribution in [2.24, 2.45) is 5.73 Å². The molecule has 0 bridgehead atoms. The van der Waals surface area contributed by atoms with Crippen molar-refractivity contribution in [3.05, 3.63) is 29.0 Å². The van der Waals surface area contributed by atoms with Crippen LogP contribution in [-0.2, 0) is 6.54 Å². The summed E-state index contributed by atoms with van der Waals surface area (Å²) in [4.78, 5) is 6.30. The van der Waals surface area contributed by atoms with Gasteiger partial charge >= 0.3 is 0 Å². The molecule has 0 aromatic carbocycles. The Balaban J connectivity index is 1.97. The van der Waals surface area contributed by atoms with Gasteiger partial charge in [-0.1, -0.05) is 11.6 Å². The SMILES string of the molecule is NC1CCN(Cc2ccnc(Cl)c2)C1. The minimum atomic E-state index is 0.340. The first-order valence-corrected chi connectivity index (χ1v) is 5.20. The van der Waals surface area contributed by atoms with Crippen LogP contribution in [0.4, 0.5) is 0 Å². The summed E-state index contributed by atoms with van der Waals surface area (Å²) in [6.07, 6.45) is 2.84. The normalized spacial score (nSPS) is 22.9. The number of hydrogen-bond acceptors (Lipinski definition) is 3. The summed E-state index contributed by atoms with van der Waals surface area (Å²) >= 11 is 5.80. The summed E-state index contributed by atoms with van der Waals surface area (Å²) in [5.41, 5.74) is 7.04. The predicted molar refractivity (Wildman–Crippen MR) is 57.1 cm³/mol. The lowest BCUT2D eigenvalue weighted by Gasteiger charge is -2.14. The van der Waals surface area contributed by atoms with Crippen molar-refractivity contribution in [1.29, 1.82) is 0 Å². The Morgan fingerprint density at radius 1 is 1.64 bits per heavy atom. The highest BCUT2D eigenvalue weighted by molar-refractivity contribution is 6.29. The number of halogens is 1. The van der Waals surface area contributed by atoms with Gasteiger partial charge in [-0.3, -0.25) is 4.90 Å². The highest BCUT2D eigenvalue weighted by atomic mass is 35.5. The molecule has 14 heavy (non-hydrogen) atoms. The quantitative estimate of drug-likeness (QED) is 0.750. The van der Waals surface area contributed by atoms with Gasteiger partial charge in [-0.15, -0.1) is 0 Å². The van der Waals surface area contributed by atoms with Gasteiger partial charge in [-0.2, -0.15) is 0 Å². The molecular formula is C10H14ClN3. The lowest BCUT2D eigenvalue weighted by Crippen LogP contribution is -2.26. The van der Waals surface area contributed by atoms with E-state index in [4.69, 9.17) is 17.3 Å². The van der Waals surface area contributed by atoms with Crippen molar-refractivity contribution in [3.63, 3.8) is 0 Å². The second-order valence-corrected chi connectivity index (χ2v) is 4.16. The second kappa shape index (κ2) is 4.26. The largest absolute Gasteiger partial charge is 0.326 e. The van der Waals surface area contributed by atoms with Gasteiger partial charge in [0.1, 0.15) is 5.15 Å². The topological polar surface area (TPSA) is 42.1 Å². The van der Waals surface area contributed by atoms with Gasteiger partial charge in [0.25, 0.3) is 0 Å². The fourth-order valence-corrected chi connectivity index (χ4v) is 2.00. The Kier molecular flexibility index (Phi) is 3.01. The number of rotatable bonds is 2. The molecule has 1 aliphatic heterocycles. The molecule has 0 saturated carbocycles. The first kappa shape index (κ1) is 9.90. The third-order valence-corrected chi connectivity index (χ3v) is 2.71. The summed E-state index contributed by atoms with van der Waals surface area (Å²) < 4.78 is 0. The molecule has 0 amide bonds. The van der Waals surface area contributed by atoms with E-state index in [9.17, 15) is 0 Å². The van der Waals surface area contributed by atoms with Crippen LogP contribution in [0.1, 0.15) is 12.0 Å². The van der Waals surface area contributed by atoms with Crippen LogP contribution in [0.15, 0.2) is 18.3 Å². The van der Waals surface area contributed by atoms with E-state index in [1.165, 1.54) is 5.56 Å². The first-order chi connectivity index (χ1) is 6.74. The van der Waals surface area contributed by atoms with E-state index in [1.54, 1.807) is 6.20 Å². The summed E-state index contributed by atoms with van der Waals surface area (Å²) in [5.74, 6) is 0. The summed E-state index contributed by atoms with van der Waals surface area (Å²) in [6.45, 7) is 3.00. The third-order valence-electron chi connectivity index (χ3n) is 2.51. The number of pyridine rings is 1. The lowest BCUT2D eigenvalue weighted by atomic mass is 10.2. The molecule has 1 aromatic rings. The van der Waals surface area contributed by atoms with E-state index >= 15 is 0 Å². The predicted octanol–water partition coefficient (Wildman–Crippen LogP) is 1.27. The third kappa shape index (κ3) is 2.44. The number of nitrogens with zero attached hydrogens (tertiary/aromatic N) is 2. The summed E-state index contributed by atoms with van der Waals surface area (Å²) in [6, 6.07) is 4.24. The van der Waals surface area contributed by atoms with Crippen molar-refractivity contribution < 1.29 is 0 Å². The van der Waals surface area contributed by atoms with Crippen molar-refractivity contribution in [3.8, 4) is 0 Å². The zero-order valence-electron chi connectivity index (χ0n) is 7.99. The Labute approximate surface area is 88.9 Å². The van der Waals surface area contributed by atoms with Crippen LogP contribution >= 0.6 is 11.6 Å². The molecule has 2 heterocycles. The molecule has 2 rings (SSSR count). The van der Waals surface area contributed by atoms with Gasteiger partial charge in [0.15, 0.2) is 0 Å². The fourth-order valence-electron chi connectivity index (χ4n) is 1.81. The van der Waals surface area contributed by atoms with E-state index in [2.05, 4.69) is 9.88 Å². The molecule has 1 atom stereocenters. The number of hydrogen-bond donors (Lipinski definition) is 1. The molecule has 1 fully saturated rings. The molecule has 0 spiro atoms. The average Bonchev–Trinajstić information content (AvgIpc) is 2.51. The maximum Gasteiger partial charge on any atom is 0.129 e.